The number of halogens is 1. The summed E-state index contributed by atoms with van der Waals surface area (Å²) in [4.78, 5) is 11.9. The number of benzene rings is 2. The molecule has 0 heterocycles. The van der Waals surface area contributed by atoms with Crippen LogP contribution in [0.3, 0.4) is 0 Å². The molecule has 2 aromatic carbocycles. The first-order valence-corrected chi connectivity index (χ1v) is 6.44. The zero-order chi connectivity index (χ0) is 15.2. The van der Waals surface area contributed by atoms with Crippen LogP contribution in [0.4, 0.5) is 0 Å². The van der Waals surface area contributed by atoms with E-state index in [4.69, 9.17) is 16.3 Å². The zero-order valence-electron chi connectivity index (χ0n) is 11.2. The van der Waals surface area contributed by atoms with Crippen molar-refractivity contribution in [2.75, 3.05) is 7.11 Å². The molecule has 1 amide bonds. The van der Waals surface area contributed by atoms with Gasteiger partial charge in [0.2, 0.25) is 0 Å². The molecule has 2 aromatic rings. The maximum atomic E-state index is 11.9. The van der Waals surface area contributed by atoms with Crippen molar-refractivity contribution in [3.8, 4) is 11.5 Å². The number of ether oxygens (including phenoxy) is 1. The van der Waals surface area contributed by atoms with E-state index in [1.165, 1.54) is 19.4 Å². The Hall–Kier alpha value is -2.53. The quantitative estimate of drug-likeness (QED) is 0.674. The highest BCUT2D eigenvalue weighted by Crippen LogP contribution is 2.21. The number of rotatable bonds is 4. The highest BCUT2D eigenvalue weighted by molar-refractivity contribution is 6.33. The monoisotopic (exact) mass is 304 g/mol. The summed E-state index contributed by atoms with van der Waals surface area (Å²) in [7, 11) is 1.52. The highest BCUT2D eigenvalue weighted by atomic mass is 35.5. The van der Waals surface area contributed by atoms with E-state index in [1.54, 1.807) is 36.4 Å². The Morgan fingerprint density at radius 1 is 1.33 bits per heavy atom. The van der Waals surface area contributed by atoms with Crippen LogP contribution in [0, 0.1) is 0 Å². The Morgan fingerprint density at radius 3 is 2.81 bits per heavy atom. The van der Waals surface area contributed by atoms with Crippen LogP contribution in [-0.2, 0) is 0 Å². The van der Waals surface area contributed by atoms with Crippen molar-refractivity contribution < 1.29 is 14.6 Å². The van der Waals surface area contributed by atoms with Gasteiger partial charge < -0.3 is 9.84 Å². The van der Waals surface area contributed by atoms with Crippen LogP contribution in [0.25, 0.3) is 0 Å². The number of amides is 1. The Morgan fingerprint density at radius 2 is 2.10 bits per heavy atom. The summed E-state index contributed by atoms with van der Waals surface area (Å²) in [6.45, 7) is 0. The fourth-order valence-electron chi connectivity index (χ4n) is 1.63. The SMILES string of the molecule is COc1ccc(O)c(/C=N/NC(=O)c2ccccc2Cl)c1. The Balaban J connectivity index is 2.09. The van der Waals surface area contributed by atoms with Crippen LogP contribution in [0.15, 0.2) is 47.6 Å². The molecule has 0 aliphatic rings. The van der Waals surface area contributed by atoms with Crippen LogP contribution in [0.1, 0.15) is 15.9 Å². The Kier molecular flexibility index (Phi) is 4.79. The van der Waals surface area contributed by atoms with E-state index in [1.807, 2.05) is 0 Å². The van der Waals surface area contributed by atoms with Gasteiger partial charge in [0, 0.05) is 5.56 Å². The van der Waals surface area contributed by atoms with Gasteiger partial charge in [0.1, 0.15) is 11.5 Å². The van der Waals surface area contributed by atoms with Gasteiger partial charge in [0.15, 0.2) is 0 Å². The molecule has 5 nitrogen and oxygen atoms in total. The average molecular weight is 305 g/mol. The number of hydrogen-bond acceptors (Lipinski definition) is 4. The fraction of sp³-hybridized carbons (Fsp3) is 0.0667. The number of phenolic OH excluding ortho intramolecular Hbond substituents is 1. The lowest BCUT2D eigenvalue weighted by atomic mass is 10.2. The number of aromatic hydroxyl groups is 1. The lowest BCUT2D eigenvalue weighted by molar-refractivity contribution is 0.0955. The second-order valence-electron chi connectivity index (χ2n) is 4.10. The maximum Gasteiger partial charge on any atom is 0.272 e. The third-order valence-electron chi connectivity index (χ3n) is 2.72. The van der Waals surface area contributed by atoms with E-state index in [0.29, 0.717) is 21.9 Å². The molecule has 0 radical (unpaired) electrons. The van der Waals surface area contributed by atoms with Gasteiger partial charge in [-0.3, -0.25) is 4.79 Å². The van der Waals surface area contributed by atoms with Crippen LogP contribution < -0.4 is 10.2 Å². The molecule has 0 saturated heterocycles. The first-order chi connectivity index (χ1) is 10.1. The summed E-state index contributed by atoms with van der Waals surface area (Å²) in [6, 6.07) is 11.4. The van der Waals surface area contributed by atoms with Gasteiger partial charge in [-0.2, -0.15) is 5.10 Å². The second-order valence-corrected chi connectivity index (χ2v) is 4.51. The number of nitrogens with one attached hydrogen (secondary N) is 1. The number of carbonyl (C=O) groups excluding carboxylic acids is 1. The lowest BCUT2D eigenvalue weighted by Gasteiger charge is -2.04. The van der Waals surface area contributed by atoms with E-state index in [-0.39, 0.29) is 5.75 Å². The van der Waals surface area contributed by atoms with E-state index >= 15 is 0 Å². The summed E-state index contributed by atoms with van der Waals surface area (Å²) >= 11 is 5.91. The number of hydrazone groups is 1. The van der Waals surface area contributed by atoms with Gasteiger partial charge in [0.25, 0.3) is 5.91 Å². The molecule has 0 aliphatic heterocycles. The molecule has 108 valence electrons. The summed E-state index contributed by atoms with van der Waals surface area (Å²) in [5.41, 5.74) is 3.10. The van der Waals surface area contributed by atoms with Crippen molar-refractivity contribution in [3.63, 3.8) is 0 Å². The molecule has 0 unspecified atom stereocenters. The fourth-order valence-corrected chi connectivity index (χ4v) is 1.85. The molecule has 0 aliphatic carbocycles. The van der Waals surface area contributed by atoms with Crippen LogP contribution in [0.5, 0.6) is 11.5 Å². The summed E-state index contributed by atoms with van der Waals surface area (Å²) in [6.07, 6.45) is 1.33. The minimum atomic E-state index is -0.431. The molecule has 0 atom stereocenters. The van der Waals surface area contributed by atoms with Crippen molar-refractivity contribution in [2.45, 2.75) is 0 Å². The normalized spacial score (nSPS) is 10.6. The van der Waals surface area contributed by atoms with Gasteiger partial charge in [-0.05, 0) is 30.3 Å². The zero-order valence-corrected chi connectivity index (χ0v) is 12.0. The summed E-state index contributed by atoms with van der Waals surface area (Å²) in [5, 5.41) is 13.8. The number of hydrogen-bond donors (Lipinski definition) is 2. The highest BCUT2D eigenvalue weighted by Gasteiger charge is 2.08. The number of carbonyl (C=O) groups is 1. The van der Waals surface area contributed by atoms with Crippen molar-refractivity contribution >= 4 is 23.7 Å². The molecule has 21 heavy (non-hydrogen) atoms. The third-order valence-corrected chi connectivity index (χ3v) is 3.05. The third kappa shape index (κ3) is 3.73. The van der Waals surface area contributed by atoms with E-state index in [2.05, 4.69) is 10.5 Å². The average Bonchev–Trinajstić information content (AvgIpc) is 2.49. The van der Waals surface area contributed by atoms with Gasteiger partial charge in [0.05, 0.1) is 23.9 Å². The van der Waals surface area contributed by atoms with Crippen molar-refractivity contribution in [2.24, 2.45) is 5.10 Å². The predicted molar refractivity (Wildman–Crippen MR) is 81.2 cm³/mol. The molecule has 2 N–H and O–H groups in total. The maximum absolute atomic E-state index is 11.9. The van der Waals surface area contributed by atoms with Crippen molar-refractivity contribution in [3.05, 3.63) is 58.6 Å². The largest absolute Gasteiger partial charge is 0.507 e. The molecular weight excluding hydrogens is 292 g/mol. The minimum Gasteiger partial charge on any atom is -0.507 e. The van der Waals surface area contributed by atoms with Gasteiger partial charge in [-0.15, -0.1) is 0 Å². The standard InChI is InChI=1S/C15H13ClN2O3/c1-21-11-6-7-14(19)10(8-11)9-17-18-15(20)12-4-2-3-5-13(12)16/h2-9,19H,1H3,(H,18,20)/b17-9+. The minimum absolute atomic E-state index is 0.0338. The van der Waals surface area contributed by atoms with Gasteiger partial charge >= 0.3 is 0 Å². The smallest absolute Gasteiger partial charge is 0.272 e. The van der Waals surface area contributed by atoms with E-state index in [9.17, 15) is 9.90 Å². The van der Waals surface area contributed by atoms with Gasteiger partial charge in [-0.25, -0.2) is 5.43 Å². The summed E-state index contributed by atoms with van der Waals surface area (Å²) < 4.78 is 5.04. The molecule has 0 bridgehead atoms. The second kappa shape index (κ2) is 6.76. The Bertz CT molecular complexity index is 686. The number of methoxy groups -OCH3 is 1. The van der Waals surface area contributed by atoms with Crippen LogP contribution in [-0.4, -0.2) is 24.3 Å². The number of phenols is 1. The van der Waals surface area contributed by atoms with E-state index < -0.39 is 5.91 Å². The molecule has 0 saturated carbocycles. The first-order valence-electron chi connectivity index (χ1n) is 6.06. The van der Waals surface area contributed by atoms with Crippen LogP contribution in [0.2, 0.25) is 5.02 Å². The molecule has 0 spiro atoms. The Labute approximate surface area is 126 Å². The molecule has 6 heteroatoms. The summed E-state index contributed by atoms with van der Waals surface area (Å²) in [5.74, 6) is 0.178. The lowest BCUT2D eigenvalue weighted by Crippen LogP contribution is -2.17. The van der Waals surface area contributed by atoms with Crippen molar-refractivity contribution in [1.29, 1.82) is 0 Å². The first kappa shape index (κ1) is 14.9. The topological polar surface area (TPSA) is 70.9 Å². The molecular formula is C15H13ClN2O3. The van der Waals surface area contributed by atoms with Crippen LogP contribution >= 0.6 is 11.6 Å². The van der Waals surface area contributed by atoms with E-state index in [0.717, 1.165) is 0 Å². The van der Waals surface area contributed by atoms with Crippen molar-refractivity contribution in [1.82, 2.24) is 5.43 Å². The predicted octanol–water partition coefficient (Wildman–Crippen LogP) is 2.82. The molecule has 0 aromatic heterocycles. The van der Waals surface area contributed by atoms with Gasteiger partial charge in [-0.1, -0.05) is 23.7 Å². The molecule has 2 rings (SSSR count). The number of nitrogens with zero attached hydrogens (tertiary/aromatic N) is 1. The molecule has 0 fully saturated rings.